The molecule has 1 aromatic carbocycles. The molecule has 1 aromatic heterocycles. The van der Waals surface area contributed by atoms with Gasteiger partial charge in [0.05, 0.1) is 0 Å². The number of hydrogen-bond acceptors (Lipinski definition) is 5. The van der Waals surface area contributed by atoms with Gasteiger partial charge in [0.2, 0.25) is 0 Å². The first-order valence-electron chi connectivity index (χ1n) is 9.67. The minimum atomic E-state index is -0.731. The number of nitrogens with one attached hydrogen (secondary N) is 1. The van der Waals surface area contributed by atoms with Crippen molar-refractivity contribution < 1.29 is 14.3 Å². The van der Waals surface area contributed by atoms with E-state index in [1.54, 1.807) is 31.5 Å². The van der Waals surface area contributed by atoms with Crippen LogP contribution < -0.4 is 15.8 Å². The molecule has 0 radical (unpaired) electrons. The third kappa shape index (κ3) is 5.17. The first-order chi connectivity index (χ1) is 14.0. The lowest BCUT2D eigenvalue weighted by Gasteiger charge is -2.26. The van der Waals surface area contributed by atoms with E-state index in [1.165, 1.54) is 4.90 Å². The van der Waals surface area contributed by atoms with E-state index in [-0.39, 0.29) is 6.04 Å². The Morgan fingerprint density at radius 1 is 1.28 bits per heavy atom. The molecular formula is C21H25ClN4O3. The molecule has 8 heteroatoms. The highest BCUT2D eigenvalue weighted by atomic mass is 35.5. The van der Waals surface area contributed by atoms with Gasteiger partial charge in [-0.2, -0.15) is 0 Å². The lowest BCUT2D eigenvalue weighted by molar-refractivity contribution is 0.0753. The Morgan fingerprint density at radius 2 is 1.97 bits per heavy atom. The smallest absolute Gasteiger partial charge is 0.322 e. The number of aromatic nitrogens is 1. The highest BCUT2D eigenvalue weighted by Gasteiger charge is 2.32. The maximum atomic E-state index is 13.1. The van der Waals surface area contributed by atoms with Crippen LogP contribution in [0.1, 0.15) is 41.6 Å². The van der Waals surface area contributed by atoms with E-state index in [1.807, 2.05) is 12.1 Å². The number of amides is 3. The van der Waals surface area contributed by atoms with E-state index >= 15 is 0 Å². The van der Waals surface area contributed by atoms with Crippen molar-refractivity contribution in [3.8, 4) is 5.75 Å². The summed E-state index contributed by atoms with van der Waals surface area (Å²) in [6.07, 6.45) is 6.92. The number of carbonyl (C=O) groups excluding carboxylic acids is 2. The van der Waals surface area contributed by atoms with Crippen LogP contribution in [-0.4, -0.2) is 41.0 Å². The summed E-state index contributed by atoms with van der Waals surface area (Å²) in [5.41, 5.74) is 7.40. The molecule has 1 aliphatic carbocycles. The second kappa shape index (κ2) is 9.60. The van der Waals surface area contributed by atoms with Crippen LogP contribution in [0, 0.1) is 6.92 Å². The van der Waals surface area contributed by atoms with Crippen molar-refractivity contribution in [2.45, 2.75) is 38.6 Å². The zero-order valence-corrected chi connectivity index (χ0v) is 17.1. The number of ether oxygens (including phenoxy) is 1. The number of imide groups is 1. The zero-order chi connectivity index (χ0) is 20.8. The van der Waals surface area contributed by atoms with Crippen molar-refractivity contribution in [3.63, 3.8) is 0 Å². The number of primary amides is 1. The number of halogens is 1. The third-order valence-electron chi connectivity index (χ3n) is 5.07. The number of urea groups is 1. The average Bonchev–Trinajstić information content (AvgIpc) is 3.22. The molecule has 1 aliphatic rings. The lowest BCUT2D eigenvalue weighted by atomic mass is 10.1. The Kier molecular flexibility index (Phi) is 6.93. The molecule has 3 N–H and O–H groups in total. The van der Waals surface area contributed by atoms with E-state index in [2.05, 4.69) is 10.3 Å². The fourth-order valence-corrected chi connectivity index (χ4v) is 3.74. The number of anilines is 1. The number of carbonyl (C=O) groups is 2. The molecular weight excluding hydrogens is 392 g/mol. The van der Waals surface area contributed by atoms with Gasteiger partial charge < -0.3 is 15.8 Å². The molecule has 1 heterocycles. The predicted octanol–water partition coefficient (Wildman–Crippen LogP) is 4.00. The summed E-state index contributed by atoms with van der Waals surface area (Å²) in [5.74, 6) is 0.0421. The van der Waals surface area contributed by atoms with Crippen molar-refractivity contribution in [1.82, 2.24) is 9.88 Å². The van der Waals surface area contributed by atoms with E-state index in [9.17, 15) is 9.59 Å². The van der Waals surface area contributed by atoms with E-state index in [0.29, 0.717) is 35.1 Å². The lowest BCUT2D eigenvalue weighted by Crippen LogP contribution is -2.46. The van der Waals surface area contributed by atoms with Crippen LogP contribution in [0.4, 0.5) is 10.5 Å². The molecule has 0 bridgehead atoms. The molecule has 0 atom stereocenters. The summed E-state index contributed by atoms with van der Waals surface area (Å²) in [6.45, 7) is 2.68. The highest BCUT2D eigenvalue weighted by molar-refractivity contribution is 6.32. The Hall–Kier alpha value is -2.80. The fraction of sp³-hybridized carbons (Fsp3) is 0.381. The van der Waals surface area contributed by atoms with Crippen LogP contribution in [-0.2, 0) is 0 Å². The number of nitrogens with zero attached hydrogens (tertiary/aromatic N) is 2. The van der Waals surface area contributed by atoms with Gasteiger partial charge in [-0.3, -0.25) is 14.7 Å². The molecule has 154 valence electrons. The maximum absolute atomic E-state index is 13.1. The summed E-state index contributed by atoms with van der Waals surface area (Å²) in [7, 11) is 0. The van der Waals surface area contributed by atoms with Gasteiger partial charge in [-0.25, -0.2) is 4.79 Å². The molecule has 7 nitrogen and oxygen atoms in total. The number of benzene rings is 1. The summed E-state index contributed by atoms with van der Waals surface area (Å²) in [6, 6.07) is 6.13. The van der Waals surface area contributed by atoms with E-state index in [0.717, 1.165) is 31.4 Å². The van der Waals surface area contributed by atoms with Gasteiger partial charge in [0.15, 0.2) is 0 Å². The first kappa shape index (κ1) is 20.9. The van der Waals surface area contributed by atoms with Crippen LogP contribution in [0.15, 0.2) is 36.7 Å². The van der Waals surface area contributed by atoms with Gasteiger partial charge >= 0.3 is 6.03 Å². The quantitative estimate of drug-likeness (QED) is 0.665. The molecule has 0 unspecified atom stereocenters. The molecule has 3 rings (SSSR count). The van der Waals surface area contributed by atoms with Crippen molar-refractivity contribution in [2.24, 2.45) is 5.73 Å². The fourth-order valence-electron chi connectivity index (χ4n) is 3.53. The number of nitrogens with two attached hydrogens (primary N) is 1. The van der Waals surface area contributed by atoms with Gasteiger partial charge in [0.1, 0.15) is 12.4 Å². The SMILES string of the molecule is Cc1c(Cl)cc(OCCNc2ccncc2)cc1C(=O)N(C(N)=O)C1CCCC1. The topological polar surface area (TPSA) is 97.6 Å². The summed E-state index contributed by atoms with van der Waals surface area (Å²) in [5, 5.41) is 3.62. The Labute approximate surface area is 175 Å². The molecule has 3 amide bonds. The molecule has 0 spiro atoms. The Morgan fingerprint density at radius 3 is 2.62 bits per heavy atom. The minimum absolute atomic E-state index is 0.160. The van der Waals surface area contributed by atoms with Gasteiger partial charge in [-0.15, -0.1) is 0 Å². The van der Waals surface area contributed by atoms with Gasteiger partial charge in [0.25, 0.3) is 5.91 Å². The Balaban J connectivity index is 1.70. The Bertz CT molecular complexity index is 870. The molecule has 1 fully saturated rings. The predicted molar refractivity (Wildman–Crippen MR) is 112 cm³/mol. The second-order valence-corrected chi connectivity index (χ2v) is 7.45. The van der Waals surface area contributed by atoms with Crippen molar-refractivity contribution in [3.05, 3.63) is 52.8 Å². The van der Waals surface area contributed by atoms with Crippen LogP contribution >= 0.6 is 11.6 Å². The van der Waals surface area contributed by atoms with Crippen molar-refractivity contribution in [2.75, 3.05) is 18.5 Å². The minimum Gasteiger partial charge on any atom is -0.492 e. The first-order valence-corrected chi connectivity index (χ1v) is 10.0. The number of hydrogen-bond donors (Lipinski definition) is 2. The third-order valence-corrected chi connectivity index (χ3v) is 5.47. The summed E-state index contributed by atoms with van der Waals surface area (Å²) >= 11 is 6.33. The standard InChI is InChI=1S/C21H25ClN4O3/c1-14-18(20(27)26(21(23)28)16-4-2-3-5-16)12-17(13-19(14)22)29-11-10-25-15-6-8-24-9-7-15/h6-9,12-13,16H,2-5,10-11H2,1H3,(H2,23,28)(H,24,25). The molecule has 2 aromatic rings. The largest absolute Gasteiger partial charge is 0.492 e. The van der Waals surface area contributed by atoms with Crippen LogP contribution in [0.25, 0.3) is 0 Å². The highest BCUT2D eigenvalue weighted by Crippen LogP contribution is 2.30. The molecule has 1 saturated carbocycles. The van der Waals surface area contributed by atoms with Crippen LogP contribution in [0.3, 0.4) is 0 Å². The van der Waals surface area contributed by atoms with Crippen LogP contribution in [0.5, 0.6) is 5.75 Å². The van der Waals surface area contributed by atoms with Crippen molar-refractivity contribution >= 4 is 29.2 Å². The van der Waals surface area contributed by atoms with E-state index < -0.39 is 11.9 Å². The monoisotopic (exact) mass is 416 g/mol. The normalized spacial score (nSPS) is 13.9. The van der Waals surface area contributed by atoms with Crippen LogP contribution in [0.2, 0.25) is 5.02 Å². The number of rotatable bonds is 7. The van der Waals surface area contributed by atoms with Crippen molar-refractivity contribution in [1.29, 1.82) is 0 Å². The summed E-state index contributed by atoms with van der Waals surface area (Å²) in [4.78, 5) is 30.2. The van der Waals surface area contributed by atoms with E-state index in [4.69, 9.17) is 22.1 Å². The van der Waals surface area contributed by atoms with Gasteiger partial charge in [0, 0.05) is 41.3 Å². The summed E-state index contributed by atoms with van der Waals surface area (Å²) < 4.78 is 5.77. The van der Waals surface area contributed by atoms with Gasteiger partial charge in [-0.1, -0.05) is 24.4 Å². The average molecular weight is 417 g/mol. The molecule has 0 saturated heterocycles. The molecule has 0 aliphatic heterocycles. The second-order valence-electron chi connectivity index (χ2n) is 7.04. The number of pyridine rings is 1. The van der Waals surface area contributed by atoms with Gasteiger partial charge in [-0.05, 0) is 49.6 Å². The zero-order valence-electron chi connectivity index (χ0n) is 16.4. The maximum Gasteiger partial charge on any atom is 0.322 e. The molecule has 29 heavy (non-hydrogen) atoms.